The molecule has 4 rings (SSSR count). The monoisotopic (exact) mass is 520 g/mol. The Bertz CT molecular complexity index is 1120. The number of aliphatic hydroxyl groups is 1. The third-order valence-electron chi connectivity index (χ3n) is 5.85. The minimum absolute atomic E-state index is 0. The first kappa shape index (κ1) is 27.9. The van der Waals surface area contributed by atoms with Crippen LogP contribution in [0.3, 0.4) is 0 Å². The second-order valence-corrected chi connectivity index (χ2v) is 8.00. The van der Waals surface area contributed by atoms with E-state index in [1.165, 1.54) is 29.0 Å². The molecular formula is C22H25Cl2F3N4O3. The predicted molar refractivity (Wildman–Crippen MR) is 128 cm³/mol. The lowest BCUT2D eigenvalue weighted by Crippen LogP contribution is -2.55. The Labute approximate surface area is 206 Å². The van der Waals surface area contributed by atoms with Crippen LogP contribution in [0, 0.1) is 10.1 Å². The van der Waals surface area contributed by atoms with E-state index in [0.29, 0.717) is 26.2 Å². The second-order valence-electron chi connectivity index (χ2n) is 8.00. The van der Waals surface area contributed by atoms with Crippen LogP contribution in [0.2, 0.25) is 0 Å². The highest BCUT2D eigenvalue weighted by Gasteiger charge is 2.57. The summed E-state index contributed by atoms with van der Waals surface area (Å²) in [6.45, 7) is 1.44. The molecule has 1 saturated heterocycles. The van der Waals surface area contributed by atoms with Gasteiger partial charge in [0, 0.05) is 68.5 Å². The van der Waals surface area contributed by atoms with Crippen LogP contribution in [0.15, 0.2) is 54.7 Å². The van der Waals surface area contributed by atoms with Crippen LogP contribution in [0.1, 0.15) is 11.1 Å². The van der Waals surface area contributed by atoms with Gasteiger partial charge in [-0.25, -0.2) is 0 Å². The Morgan fingerprint density at radius 1 is 1.06 bits per heavy atom. The molecule has 1 fully saturated rings. The first-order valence-electron chi connectivity index (χ1n) is 10.2. The molecule has 1 unspecified atom stereocenters. The van der Waals surface area contributed by atoms with Gasteiger partial charge in [-0.2, -0.15) is 13.2 Å². The van der Waals surface area contributed by atoms with E-state index in [1.54, 1.807) is 17.0 Å². The summed E-state index contributed by atoms with van der Waals surface area (Å²) in [5.74, 6) is 0. The van der Waals surface area contributed by atoms with Gasteiger partial charge in [0.25, 0.3) is 5.69 Å². The zero-order chi connectivity index (χ0) is 22.9. The highest BCUT2D eigenvalue weighted by Crippen LogP contribution is 2.44. The number of benzene rings is 2. The standard InChI is InChI=1S/C22H23F3N4O3.2ClH/c23-22(24,25)21(30,15-27-10-8-26-9-11-27)19-14-28(13-16-4-2-1-3-5-16)20-12-17(29(31)32)6-7-18(19)20;;/h1-7,12,14,26,30H,8-11,13,15H2;2*1H. The summed E-state index contributed by atoms with van der Waals surface area (Å²) in [6, 6.07) is 12.8. The molecule has 34 heavy (non-hydrogen) atoms. The molecular weight excluding hydrogens is 496 g/mol. The zero-order valence-electron chi connectivity index (χ0n) is 18.0. The minimum atomic E-state index is -4.94. The number of nitrogens with one attached hydrogen (secondary N) is 1. The Kier molecular flexibility index (Phi) is 8.95. The van der Waals surface area contributed by atoms with Gasteiger partial charge in [0.05, 0.1) is 10.4 Å². The lowest BCUT2D eigenvalue weighted by atomic mass is 9.91. The molecule has 12 heteroatoms. The van der Waals surface area contributed by atoms with E-state index in [1.807, 2.05) is 18.2 Å². The third-order valence-corrected chi connectivity index (χ3v) is 5.85. The molecule has 186 valence electrons. The van der Waals surface area contributed by atoms with E-state index < -0.39 is 23.2 Å². The fourth-order valence-corrected chi connectivity index (χ4v) is 4.15. The van der Waals surface area contributed by atoms with Crippen molar-refractivity contribution >= 4 is 41.4 Å². The van der Waals surface area contributed by atoms with Gasteiger partial charge in [0.1, 0.15) is 0 Å². The smallest absolute Gasteiger partial charge is 0.375 e. The van der Waals surface area contributed by atoms with Crippen molar-refractivity contribution < 1.29 is 23.2 Å². The molecule has 7 nitrogen and oxygen atoms in total. The van der Waals surface area contributed by atoms with Gasteiger partial charge in [-0.15, -0.1) is 24.8 Å². The second kappa shape index (κ2) is 10.9. The van der Waals surface area contributed by atoms with Crippen LogP contribution in [0.25, 0.3) is 10.9 Å². The molecule has 1 aromatic heterocycles. The molecule has 0 bridgehead atoms. The number of piperazine rings is 1. The highest BCUT2D eigenvalue weighted by atomic mass is 35.5. The third kappa shape index (κ3) is 5.47. The number of nitrogens with zero attached hydrogens (tertiary/aromatic N) is 3. The van der Waals surface area contributed by atoms with Crippen molar-refractivity contribution in [1.82, 2.24) is 14.8 Å². The molecule has 0 radical (unpaired) electrons. The molecule has 0 saturated carbocycles. The van der Waals surface area contributed by atoms with Gasteiger partial charge in [-0.1, -0.05) is 30.3 Å². The molecule has 1 aliphatic rings. The van der Waals surface area contributed by atoms with Crippen LogP contribution >= 0.6 is 24.8 Å². The van der Waals surface area contributed by atoms with Gasteiger partial charge in [-0.3, -0.25) is 15.0 Å². The molecule has 0 aliphatic carbocycles. The maximum Gasteiger partial charge on any atom is 0.422 e. The van der Waals surface area contributed by atoms with E-state index in [-0.39, 0.29) is 53.5 Å². The number of hydrogen-bond acceptors (Lipinski definition) is 5. The van der Waals surface area contributed by atoms with Gasteiger partial charge < -0.3 is 15.0 Å². The molecule has 0 amide bonds. The topological polar surface area (TPSA) is 83.6 Å². The summed E-state index contributed by atoms with van der Waals surface area (Å²) in [5, 5.41) is 25.6. The number of hydrogen-bond donors (Lipinski definition) is 2. The number of nitro groups is 1. The normalized spacial score (nSPS) is 16.4. The molecule has 1 atom stereocenters. The van der Waals surface area contributed by atoms with Crippen molar-refractivity contribution in [2.45, 2.75) is 18.3 Å². The van der Waals surface area contributed by atoms with Crippen molar-refractivity contribution in [3.63, 3.8) is 0 Å². The summed E-state index contributed by atoms with van der Waals surface area (Å²) in [4.78, 5) is 12.3. The molecule has 0 spiro atoms. The van der Waals surface area contributed by atoms with Crippen LogP contribution in [-0.2, 0) is 12.1 Å². The first-order chi connectivity index (χ1) is 15.2. The summed E-state index contributed by atoms with van der Waals surface area (Å²) < 4.78 is 44.4. The highest BCUT2D eigenvalue weighted by molar-refractivity contribution is 5.87. The quantitative estimate of drug-likeness (QED) is 0.377. The average molecular weight is 521 g/mol. The van der Waals surface area contributed by atoms with Gasteiger partial charge in [0.2, 0.25) is 5.60 Å². The summed E-state index contributed by atoms with van der Waals surface area (Å²) >= 11 is 0. The van der Waals surface area contributed by atoms with Crippen LogP contribution in [-0.4, -0.2) is 58.4 Å². The maximum absolute atomic E-state index is 14.3. The zero-order valence-corrected chi connectivity index (χ0v) is 19.6. The maximum atomic E-state index is 14.3. The molecule has 1 aliphatic heterocycles. The van der Waals surface area contributed by atoms with Gasteiger partial charge in [0.15, 0.2) is 0 Å². The fraction of sp³-hybridized carbons (Fsp3) is 0.364. The lowest BCUT2D eigenvalue weighted by molar-refractivity contribution is -0.384. The van der Waals surface area contributed by atoms with Crippen LogP contribution < -0.4 is 5.32 Å². The summed E-state index contributed by atoms with van der Waals surface area (Å²) in [7, 11) is 0. The number of halogens is 5. The molecule has 2 N–H and O–H groups in total. The lowest BCUT2D eigenvalue weighted by Gasteiger charge is -2.37. The number of fused-ring (bicyclic) bond motifs is 1. The van der Waals surface area contributed by atoms with Gasteiger partial charge in [-0.05, 0) is 11.6 Å². The summed E-state index contributed by atoms with van der Waals surface area (Å²) in [5.41, 5.74) is -2.57. The number of alkyl halides is 3. The number of rotatable bonds is 6. The molecule has 3 aromatic rings. The minimum Gasteiger partial charge on any atom is -0.375 e. The van der Waals surface area contributed by atoms with Gasteiger partial charge >= 0.3 is 6.18 Å². The van der Waals surface area contributed by atoms with Crippen molar-refractivity contribution in [3.05, 3.63) is 76.0 Å². The van der Waals surface area contributed by atoms with Crippen molar-refractivity contribution in [3.8, 4) is 0 Å². The van der Waals surface area contributed by atoms with Crippen molar-refractivity contribution in [2.24, 2.45) is 0 Å². The van der Waals surface area contributed by atoms with E-state index in [9.17, 15) is 28.4 Å². The van der Waals surface area contributed by atoms with E-state index in [2.05, 4.69) is 5.32 Å². The van der Waals surface area contributed by atoms with E-state index in [0.717, 1.165) is 5.56 Å². The Balaban J connectivity index is 0.00000204. The Morgan fingerprint density at radius 3 is 2.29 bits per heavy atom. The average Bonchev–Trinajstić information content (AvgIpc) is 3.12. The number of nitro benzene ring substituents is 1. The largest absolute Gasteiger partial charge is 0.422 e. The first-order valence-corrected chi connectivity index (χ1v) is 10.2. The summed E-state index contributed by atoms with van der Waals surface area (Å²) in [6.07, 6.45) is -3.66. The van der Waals surface area contributed by atoms with Crippen molar-refractivity contribution in [2.75, 3.05) is 32.7 Å². The van der Waals surface area contributed by atoms with Crippen LogP contribution in [0.5, 0.6) is 0 Å². The Hall–Kier alpha value is -2.37. The van der Waals surface area contributed by atoms with E-state index in [4.69, 9.17) is 0 Å². The van der Waals surface area contributed by atoms with Crippen LogP contribution in [0.4, 0.5) is 18.9 Å². The molecule has 2 heterocycles. The number of aromatic nitrogens is 1. The Morgan fingerprint density at radius 2 is 1.71 bits per heavy atom. The van der Waals surface area contributed by atoms with E-state index >= 15 is 0 Å². The number of β-amino-alcohol motifs (C(OH)–C–C–N with tert-alkyl or cyclic N) is 1. The number of non-ortho nitro benzene ring substituents is 1. The fourth-order valence-electron chi connectivity index (χ4n) is 4.15. The SMILES string of the molecule is Cl.Cl.O=[N+]([O-])c1ccc2c(C(O)(CN3CCNCC3)C(F)(F)F)cn(Cc3ccccc3)c2c1. The molecule has 2 aromatic carbocycles. The van der Waals surface area contributed by atoms with Crippen molar-refractivity contribution in [1.29, 1.82) is 0 Å². The predicted octanol–water partition coefficient (Wildman–Crippen LogP) is 4.10.